The number of aryl methyl sites for hydroxylation is 1. The number of pyridine rings is 1. The fourth-order valence-corrected chi connectivity index (χ4v) is 2.63. The van der Waals surface area contributed by atoms with Gasteiger partial charge in [-0.2, -0.15) is 0 Å². The molecular formula is C15H22N2O2. The number of nitrogens with zero attached hydrogens (tertiary/aromatic N) is 1. The third kappa shape index (κ3) is 3.77. The van der Waals surface area contributed by atoms with Crippen LogP contribution in [0.25, 0.3) is 0 Å². The van der Waals surface area contributed by atoms with Gasteiger partial charge in [-0.05, 0) is 31.9 Å². The smallest absolute Gasteiger partial charge is 0.253 e. The van der Waals surface area contributed by atoms with E-state index in [9.17, 15) is 9.90 Å². The van der Waals surface area contributed by atoms with Gasteiger partial charge in [0.1, 0.15) is 0 Å². The second-order valence-corrected chi connectivity index (χ2v) is 5.46. The van der Waals surface area contributed by atoms with Crippen molar-refractivity contribution in [3.8, 4) is 0 Å². The van der Waals surface area contributed by atoms with Crippen molar-refractivity contribution in [2.45, 2.75) is 51.0 Å². The zero-order valence-corrected chi connectivity index (χ0v) is 11.5. The monoisotopic (exact) mass is 262 g/mol. The van der Waals surface area contributed by atoms with Crippen molar-refractivity contribution >= 4 is 5.91 Å². The largest absolute Gasteiger partial charge is 0.388 e. The molecule has 4 nitrogen and oxygen atoms in total. The van der Waals surface area contributed by atoms with Gasteiger partial charge < -0.3 is 10.4 Å². The van der Waals surface area contributed by atoms with E-state index in [0.29, 0.717) is 17.8 Å². The summed E-state index contributed by atoms with van der Waals surface area (Å²) in [6.45, 7) is 2.15. The van der Waals surface area contributed by atoms with Crippen molar-refractivity contribution in [2.75, 3.05) is 6.54 Å². The van der Waals surface area contributed by atoms with Gasteiger partial charge in [-0.25, -0.2) is 0 Å². The number of aromatic nitrogens is 1. The Morgan fingerprint density at radius 3 is 2.68 bits per heavy atom. The van der Waals surface area contributed by atoms with Gasteiger partial charge in [0.15, 0.2) is 0 Å². The summed E-state index contributed by atoms with van der Waals surface area (Å²) in [5.41, 5.74) is 0.565. The number of nitrogens with one attached hydrogen (secondary N) is 1. The van der Waals surface area contributed by atoms with Gasteiger partial charge in [0.05, 0.1) is 11.2 Å². The Kier molecular flexibility index (Phi) is 4.53. The predicted octanol–water partition coefficient (Wildman–Crippen LogP) is 2.21. The molecule has 104 valence electrons. The average molecular weight is 262 g/mol. The zero-order chi connectivity index (χ0) is 13.7. The molecule has 2 rings (SSSR count). The predicted molar refractivity (Wildman–Crippen MR) is 74.0 cm³/mol. The molecule has 0 unspecified atom stereocenters. The highest BCUT2D eigenvalue weighted by Crippen LogP contribution is 2.26. The van der Waals surface area contributed by atoms with Crippen LogP contribution in [0.4, 0.5) is 0 Å². The lowest BCUT2D eigenvalue weighted by Crippen LogP contribution is -2.42. The minimum atomic E-state index is -0.734. The van der Waals surface area contributed by atoms with Crippen LogP contribution in [0.2, 0.25) is 0 Å². The maximum absolute atomic E-state index is 12.1. The summed E-state index contributed by atoms with van der Waals surface area (Å²) in [4.78, 5) is 16.2. The standard InChI is InChI=1S/C15H22N2O2/c1-12-13(7-6-10-16-12)14(18)17-11-15(19)8-4-2-3-5-9-15/h6-7,10,19H,2-5,8-9,11H2,1H3,(H,17,18). The maximum atomic E-state index is 12.1. The van der Waals surface area contributed by atoms with Gasteiger partial charge in [0, 0.05) is 18.4 Å². The number of rotatable bonds is 3. The van der Waals surface area contributed by atoms with E-state index < -0.39 is 5.60 Å². The molecule has 1 aromatic heterocycles. The first-order valence-electron chi connectivity index (χ1n) is 7.03. The van der Waals surface area contributed by atoms with Crippen LogP contribution in [0.15, 0.2) is 18.3 Å². The molecule has 2 N–H and O–H groups in total. The van der Waals surface area contributed by atoms with E-state index >= 15 is 0 Å². The Labute approximate surface area is 114 Å². The molecule has 1 fully saturated rings. The molecular weight excluding hydrogens is 240 g/mol. The second kappa shape index (κ2) is 6.15. The number of hydrogen-bond acceptors (Lipinski definition) is 3. The van der Waals surface area contributed by atoms with Crippen LogP contribution in [0.5, 0.6) is 0 Å². The highest BCUT2D eigenvalue weighted by Gasteiger charge is 2.28. The molecule has 1 aromatic rings. The Bertz CT molecular complexity index is 438. The van der Waals surface area contributed by atoms with E-state index in [2.05, 4.69) is 10.3 Å². The first-order valence-corrected chi connectivity index (χ1v) is 7.03. The molecule has 1 heterocycles. The zero-order valence-electron chi connectivity index (χ0n) is 11.5. The minimum Gasteiger partial charge on any atom is -0.388 e. The molecule has 0 atom stereocenters. The van der Waals surface area contributed by atoms with Crippen molar-refractivity contribution < 1.29 is 9.90 Å². The van der Waals surface area contributed by atoms with Gasteiger partial charge in [-0.3, -0.25) is 9.78 Å². The van der Waals surface area contributed by atoms with Gasteiger partial charge in [0.2, 0.25) is 0 Å². The second-order valence-electron chi connectivity index (χ2n) is 5.46. The van der Waals surface area contributed by atoms with Crippen LogP contribution in [0.3, 0.4) is 0 Å². The van der Waals surface area contributed by atoms with Crippen molar-refractivity contribution in [1.82, 2.24) is 10.3 Å². The number of carbonyl (C=O) groups is 1. The van der Waals surface area contributed by atoms with Gasteiger partial charge in [-0.1, -0.05) is 25.7 Å². The molecule has 0 aliphatic heterocycles. The van der Waals surface area contributed by atoms with Crippen LogP contribution in [-0.2, 0) is 0 Å². The van der Waals surface area contributed by atoms with E-state index in [1.54, 1.807) is 18.3 Å². The van der Waals surface area contributed by atoms with Crippen LogP contribution in [-0.4, -0.2) is 28.1 Å². The summed E-state index contributed by atoms with van der Waals surface area (Å²) < 4.78 is 0. The molecule has 19 heavy (non-hydrogen) atoms. The summed E-state index contributed by atoms with van der Waals surface area (Å²) in [6, 6.07) is 3.51. The summed E-state index contributed by atoms with van der Waals surface area (Å²) in [6.07, 6.45) is 7.66. The van der Waals surface area contributed by atoms with Crippen LogP contribution in [0, 0.1) is 6.92 Å². The van der Waals surface area contributed by atoms with Crippen LogP contribution in [0.1, 0.15) is 54.6 Å². The first-order chi connectivity index (χ1) is 9.11. The highest BCUT2D eigenvalue weighted by atomic mass is 16.3. The Hall–Kier alpha value is -1.42. The minimum absolute atomic E-state index is 0.150. The lowest BCUT2D eigenvalue weighted by molar-refractivity contribution is 0.0246. The molecule has 0 spiro atoms. The fourth-order valence-electron chi connectivity index (χ4n) is 2.63. The molecule has 4 heteroatoms. The topological polar surface area (TPSA) is 62.2 Å². The SMILES string of the molecule is Cc1ncccc1C(=O)NCC1(O)CCCCCC1. The first kappa shape index (κ1) is 14.0. The number of hydrogen-bond donors (Lipinski definition) is 2. The normalized spacial score (nSPS) is 18.6. The third-order valence-electron chi connectivity index (χ3n) is 3.86. The van der Waals surface area contributed by atoms with Crippen molar-refractivity contribution in [3.05, 3.63) is 29.6 Å². The average Bonchev–Trinajstić information content (AvgIpc) is 2.62. The van der Waals surface area contributed by atoms with Crippen LogP contribution < -0.4 is 5.32 Å². The Balaban J connectivity index is 1.94. The third-order valence-corrected chi connectivity index (χ3v) is 3.86. The van der Waals surface area contributed by atoms with E-state index in [1.807, 2.05) is 6.92 Å². The summed E-state index contributed by atoms with van der Waals surface area (Å²) in [5.74, 6) is -0.150. The van der Waals surface area contributed by atoms with Gasteiger partial charge >= 0.3 is 0 Å². The lowest BCUT2D eigenvalue weighted by Gasteiger charge is -2.26. The molecule has 0 saturated heterocycles. The van der Waals surface area contributed by atoms with Crippen molar-refractivity contribution in [2.24, 2.45) is 0 Å². The summed E-state index contributed by atoms with van der Waals surface area (Å²) in [7, 11) is 0. The van der Waals surface area contributed by atoms with E-state index in [0.717, 1.165) is 25.7 Å². The Morgan fingerprint density at radius 2 is 2.05 bits per heavy atom. The molecule has 0 bridgehead atoms. The number of carbonyl (C=O) groups excluding carboxylic acids is 1. The summed E-state index contributed by atoms with van der Waals surface area (Å²) >= 11 is 0. The van der Waals surface area contributed by atoms with Crippen molar-refractivity contribution in [3.63, 3.8) is 0 Å². The summed E-state index contributed by atoms with van der Waals surface area (Å²) in [5, 5.41) is 13.3. The fraction of sp³-hybridized carbons (Fsp3) is 0.600. The van der Waals surface area contributed by atoms with E-state index in [-0.39, 0.29) is 5.91 Å². The lowest BCUT2D eigenvalue weighted by atomic mass is 9.94. The van der Waals surface area contributed by atoms with Crippen LogP contribution >= 0.6 is 0 Å². The molecule has 1 aliphatic carbocycles. The highest BCUT2D eigenvalue weighted by molar-refractivity contribution is 5.95. The van der Waals surface area contributed by atoms with Gasteiger partial charge in [0.25, 0.3) is 5.91 Å². The van der Waals surface area contributed by atoms with E-state index in [1.165, 1.54) is 12.8 Å². The number of aliphatic hydroxyl groups is 1. The maximum Gasteiger partial charge on any atom is 0.253 e. The van der Waals surface area contributed by atoms with Crippen molar-refractivity contribution in [1.29, 1.82) is 0 Å². The van der Waals surface area contributed by atoms with Gasteiger partial charge in [-0.15, -0.1) is 0 Å². The molecule has 1 aliphatic rings. The van der Waals surface area contributed by atoms with E-state index in [4.69, 9.17) is 0 Å². The number of amides is 1. The Morgan fingerprint density at radius 1 is 1.37 bits per heavy atom. The molecule has 0 radical (unpaired) electrons. The quantitative estimate of drug-likeness (QED) is 0.821. The molecule has 1 amide bonds. The molecule has 0 aromatic carbocycles. The molecule has 1 saturated carbocycles.